The molecule has 25 heavy (non-hydrogen) atoms. The SMILES string of the molecule is COCCCN1CCCC2(CCc3cnc(-c4ccccc4)nc32)C1. The predicted molar refractivity (Wildman–Crippen MR) is 99.6 cm³/mol. The van der Waals surface area contributed by atoms with Crippen LogP contribution in [-0.2, 0) is 16.6 Å². The van der Waals surface area contributed by atoms with Crippen LogP contribution in [0.5, 0.6) is 0 Å². The minimum Gasteiger partial charge on any atom is -0.385 e. The topological polar surface area (TPSA) is 38.2 Å². The van der Waals surface area contributed by atoms with Gasteiger partial charge in [0.1, 0.15) is 0 Å². The second-order valence-corrected chi connectivity index (χ2v) is 7.44. The molecule has 1 atom stereocenters. The predicted octanol–water partition coefficient (Wildman–Crippen LogP) is 3.46. The van der Waals surface area contributed by atoms with Crippen molar-refractivity contribution >= 4 is 0 Å². The fourth-order valence-corrected chi connectivity index (χ4v) is 4.52. The minimum atomic E-state index is 0.229. The van der Waals surface area contributed by atoms with Crippen LogP contribution in [0, 0.1) is 0 Å². The van der Waals surface area contributed by atoms with Crippen LogP contribution in [0.15, 0.2) is 36.5 Å². The van der Waals surface area contributed by atoms with Crippen molar-refractivity contribution in [3.05, 3.63) is 47.8 Å². The number of benzene rings is 1. The molecular formula is C21H27N3O. The third kappa shape index (κ3) is 3.33. The van der Waals surface area contributed by atoms with Crippen LogP contribution in [0.25, 0.3) is 11.4 Å². The zero-order valence-electron chi connectivity index (χ0n) is 15.1. The van der Waals surface area contributed by atoms with Gasteiger partial charge in [-0.2, -0.15) is 0 Å². The van der Waals surface area contributed by atoms with Crippen molar-refractivity contribution in [3.63, 3.8) is 0 Å². The van der Waals surface area contributed by atoms with Gasteiger partial charge in [0, 0.05) is 44.0 Å². The molecule has 2 aromatic rings. The van der Waals surface area contributed by atoms with E-state index in [0.717, 1.165) is 43.9 Å². The number of nitrogens with zero attached hydrogens (tertiary/aromatic N) is 3. The van der Waals surface area contributed by atoms with Gasteiger partial charge >= 0.3 is 0 Å². The van der Waals surface area contributed by atoms with Crippen LogP contribution >= 0.6 is 0 Å². The van der Waals surface area contributed by atoms with Crippen molar-refractivity contribution in [2.75, 3.05) is 33.4 Å². The van der Waals surface area contributed by atoms with Crippen molar-refractivity contribution in [2.24, 2.45) is 0 Å². The summed E-state index contributed by atoms with van der Waals surface area (Å²) in [7, 11) is 1.78. The fourth-order valence-electron chi connectivity index (χ4n) is 4.52. The van der Waals surface area contributed by atoms with Crippen LogP contribution < -0.4 is 0 Å². The Morgan fingerprint density at radius 3 is 2.92 bits per heavy atom. The van der Waals surface area contributed by atoms with E-state index in [4.69, 9.17) is 9.72 Å². The standard InChI is InChI=1S/C21H27N3O/c1-25-14-6-13-24-12-5-10-21(16-24)11-9-18-15-22-20(23-19(18)21)17-7-3-2-4-8-17/h2-4,7-8,15H,5-6,9-14,16H2,1H3. The van der Waals surface area contributed by atoms with Gasteiger partial charge in [-0.25, -0.2) is 9.97 Å². The summed E-state index contributed by atoms with van der Waals surface area (Å²) in [5.74, 6) is 0.872. The summed E-state index contributed by atoms with van der Waals surface area (Å²) in [6.07, 6.45) is 8.04. The van der Waals surface area contributed by atoms with E-state index in [1.807, 2.05) is 6.07 Å². The van der Waals surface area contributed by atoms with Gasteiger partial charge in [0.25, 0.3) is 0 Å². The Morgan fingerprint density at radius 1 is 1.20 bits per heavy atom. The summed E-state index contributed by atoms with van der Waals surface area (Å²) in [6.45, 7) is 4.31. The number of fused-ring (bicyclic) bond motifs is 2. The van der Waals surface area contributed by atoms with Crippen LogP contribution in [-0.4, -0.2) is 48.2 Å². The average Bonchev–Trinajstić information content (AvgIpc) is 3.00. The first-order chi connectivity index (χ1) is 12.3. The lowest BCUT2D eigenvalue weighted by molar-refractivity contribution is 0.122. The monoisotopic (exact) mass is 337 g/mol. The quantitative estimate of drug-likeness (QED) is 0.783. The average molecular weight is 337 g/mol. The molecule has 4 heteroatoms. The van der Waals surface area contributed by atoms with Gasteiger partial charge in [0.05, 0.1) is 5.69 Å². The van der Waals surface area contributed by atoms with E-state index < -0.39 is 0 Å². The zero-order valence-corrected chi connectivity index (χ0v) is 15.1. The van der Waals surface area contributed by atoms with E-state index in [9.17, 15) is 0 Å². The number of ether oxygens (including phenoxy) is 1. The van der Waals surface area contributed by atoms with Gasteiger partial charge in [-0.15, -0.1) is 0 Å². The molecule has 1 unspecified atom stereocenters. The van der Waals surface area contributed by atoms with Gasteiger partial charge in [-0.3, -0.25) is 0 Å². The molecule has 4 rings (SSSR count). The number of likely N-dealkylation sites (tertiary alicyclic amines) is 1. The van der Waals surface area contributed by atoms with Crippen LogP contribution in [0.1, 0.15) is 36.9 Å². The van der Waals surface area contributed by atoms with Crippen LogP contribution in [0.4, 0.5) is 0 Å². The number of rotatable bonds is 5. The van der Waals surface area contributed by atoms with Crippen molar-refractivity contribution < 1.29 is 4.74 Å². The van der Waals surface area contributed by atoms with E-state index in [-0.39, 0.29) is 5.41 Å². The maximum absolute atomic E-state index is 5.22. The number of aryl methyl sites for hydroxylation is 1. The van der Waals surface area contributed by atoms with E-state index in [0.29, 0.717) is 0 Å². The second kappa shape index (κ2) is 7.22. The van der Waals surface area contributed by atoms with Gasteiger partial charge in [0.15, 0.2) is 5.82 Å². The molecule has 2 aliphatic rings. The summed E-state index contributed by atoms with van der Waals surface area (Å²) in [6, 6.07) is 10.3. The first-order valence-corrected chi connectivity index (χ1v) is 9.44. The molecule has 132 valence electrons. The fraction of sp³-hybridized carbons (Fsp3) is 0.524. The molecule has 1 aromatic carbocycles. The Kier molecular flexibility index (Phi) is 4.82. The number of hydrogen-bond acceptors (Lipinski definition) is 4. The molecule has 1 saturated heterocycles. The van der Waals surface area contributed by atoms with Crippen molar-refractivity contribution in [2.45, 2.75) is 37.5 Å². The smallest absolute Gasteiger partial charge is 0.159 e. The highest BCUT2D eigenvalue weighted by Gasteiger charge is 2.43. The Balaban J connectivity index is 1.59. The molecular weight excluding hydrogens is 310 g/mol. The first kappa shape index (κ1) is 16.7. The summed E-state index contributed by atoms with van der Waals surface area (Å²) < 4.78 is 5.22. The maximum Gasteiger partial charge on any atom is 0.159 e. The molecule has 2 heterocycles. The Labute approximate surface area is 150 Å². The van der Waals surface area contributed by atoms with E-state index >= 15 is 0 Å². The molecule has 1 aliphatic carbocycles. The highest BCUT2D eigenvalue weighted by atomic mass is 16.5. The van der Waals surface area contributed by atoms with Gasteiger partial charge in [-0.05, 0) is 44.2 Å². The third-order valence-electron chi connectivity index (χ3n) is 5.75. The lowest BCUT2D eigenvalue weighted by atomic mass is 9.77. The number of methoxy groups -OCH3 is 1. The second-order valence-electron chi connectivity index (χ2n) is 7.44. The number of hydrogen-bond donors (Lipinski definition) is 0. The minimum absolute atomic E-state index is 0.229. The van der Waals surface area contributed by atoms with E-state index in [2.05, 4.69) is 40.3 Å². The van der Waals surface area contributed by atoms with Crippen molar-refractivity contribution in [1.29, 1.82) is 0 Å². The molecule has 1 aliphatic heterocycles. The molecule has 1 aromatic heterocycles. The molecule has 0 amide bonds. The zero-order chi connectivity index (χ0) is 17.1. The van der Waals surface area contributed by atoms with Gasteiger partial charge in [0.2, 0.25) is 0 Å². The van der Waals surface area contributed by atoms with Gasteiger partial charge < -0.3 is 9.64 Å². The molecule has 0 saturated carbocycles. The van der Waals surface area contributed by atoms with Crippen molar-refractivity contribution in [1.82, 2.24) is 14.9 Å². The largest absolute Gasteiger partial charge is 0.385 e. The highest BCUT2D eigenvalue weighted by molar-refractivity contribution is 5.55. The summed E-state index contributed by atoms with van der Waals surface area (Å²) in [5, 5.41) is 0. The molecule has 0 radical (unpaired) electrons. The molecule has 1 spiro atoms. The Bertz CT molecular complexity index is 714. The lowest BCUT2D eigenvalue weighted by Crippen LogP contribution is -2.45. The maximum atomic E-state index is 5.22. The third-order valence-corrected chi connectivity index (χ3v) is 5.75. The molecule has 4 nitrogen and oxygen atoms in total. The van der Waals surface area contributed by atoms with Crippen LogP contribution in [0.2, 0.25) is 0 Å². The number of aromatic nitrogens is 2. The Morgan fingerprint density at radius 2 is 2.08 bits per heavy atom. The first-order valence-electron chi connectivity index (χ1n) is 9.44. The summed E-state index contributed by atoms with van der Waals surface area (Å²) in [4.78, 5) is 12.3. The Hall–Kier alpha value is -1.78. The van der Waals surface area contributed by atoms with Crippen molar-refractivity contribution in [3.8, 4) is 11.4 Å². The molecule has 0 bridgehead atoms. The molecule has 0 N–H and O–H groups in total. The summed E-state index contributed by atoms with van der Waals surface area (Å²) >= 11 is 0. The normalized spacial score (nSPS) is 23.1. The molecule has 1 fully saturated rings. The summed E-state index contributed by atoms with van der Waals surface area (Å²) in [5.41, 5.74) is 4.02. The van der Waals surface area contributed by atoms with Crippen LogP contribution in [0.3, 0.4) is 0 Å². The van der Waals surface area contributed by atoms with E-state index in [1.165, 1.54) is 37.1 Å². The van der Waals surface area contributed by atoms with Gasteiger partial charge in [-0.1, -0.05) is 30.3 Å². The van der Waals surface area contributed by atoms with E-state index in [1.54, 1.807) is 7.11 Å². The number of piperidine rings is 1. The highest BCUT2D eigenvalue weighted by Crippen LogP contribution is 2.44. The lowest BCUT2D eigenvalue weighted by Gasteiger charge is -2.40.